The van der Waals surface area contributed by atoms with E-state index >= 15 is 0 Å². The lowest BCUT2D eigenvalue weighted by atomic mass is 10.2. The van der Waals surface area contributed by atoms with Crippen LogP contribution in [0.2, 0.25) is 0 Å². The maximum absolute atomic E-state index is 11.2. The molecule has 0 bridgehead atoms. The number of aromatic nitrogens is 1. The fourth-order valence-electron chi connectivity index (χ4n) is 1.48. The van der Waals surface area contributed by atoms with E-state index in [0.29, 0.717) is 19.7 Å². The zero-order valence-corrected chi connectivity index (χ0v) is 8.42. The number of pyridine rings is 1. The third-order valence-electron chi connectivity index (χ3n) is 2.26. The van der Waals surface area contributed by atoms with Gasteiger partial charge in [-0.3, -0.25) is 0 Å². The molecule has 1 aromatic heterocycles. The van der Waals surface area contributed by atoms with Crippen molar-refractivity contribution >= 4 is 12.1 Å². The van der Waals surface area contributed by atoms with Crippen LogP contribution in [0.15, 0.2) is 18.3 Å². The molecule has 0 radical (unpaired) electrons. The van der Waals surface area contributed by atoms with Crippen molar-refractivity contribution in [3.63, 3.8) is 0 Å². The molecule has 1 fully saturated rings. The zero-order valence-electron chi connectivity index (χ0n) is 8.42. The number of nitrogens with zero attached hydrogens (tertiary/aromatic N) is 2. The van der Waals surface area contributed by atoms with Gasteiger partial charge in [0, 0.05) is 12.7 Å². The van der Waals surface area contributed by atoms with Gasteiger partial charge in [0.05, 0.1) is 6.54 Å². The Hall–Kier alpha value is -2.11. The number of ether oxygens (including phenoxy) is 1. The van der Waals surface area contributed by atoms with Gasteiger partial charge in [0.25, 0.3) is 0 Å². The van der Waals surface area contributed by atoms with Crippen LogP contribution in [0, 0.1) is 0 Å². The van der Waals surface area contributed by atoms with E-state index < -0.39 is 5.97 Å². The lowest BCUT2D eigenvalue weighted by Crippen LogP contribution is -2.23. The first-order valence-electron chi connectivity index (χ1n) is 4.77. The molecular weight excluding hydrogens is 212 g/mol. The molecule has 2 rings (SSSR count). The molecule has 84 valence electrons. The summed E-state index contributed by atoms with van der Waals surface area (Å²) < 4.78 is 4.77. The number of carbonyl (C=O) groups is 2. The molecule has 6 nitrogen and oxygen atoms in total. The van der Waals surface area contributed by atoms with Crippen molar-refractivity contribution in [1.29, 1.82) is 0 Å². The largest absolute Gasteiger partial charge is 0.477 e. The van der Waals surface area contributed by atoms with Crippen LogP contribution in [0.1, 0.15) is 16.1 Å². The number of carboxylic acids is 1. The number of carbonyl (C=O) groups excluding carboxylic acids is 1. The first kappa shape index (κ1) is 10.4. The average Bonchev–Trinajstić information content (AvgIpc) is 2.65. The second-order valence-electron chi connectivity index (χ2n) is 3.39. The van der Waals surface area contributed by atoms with E-state index in [0.717, 1.165) is 5.56 Å². The molecule has 2 heterocycles. The number of aromatic carboxylic acids is 1. The molecule has 0 atom stereocenters. The SMILES string of the molecule is O=C(O)c1cc(CN2CCOC2=O)ccn1. The van der Waals surface area contributed by atoms with E-state index in [2.05, 4.69) is 4.98 Å². The summed E-state index contributed by atoms with van der Waals surface area (Å²) >= 11 is 0. The van der Waals surface area contributed by atoms with Gasteiger partial charge >= 0.3 is 12.1 Å². The molecule has 0 aromatic carbocycles. The number of rotatable bonds is 3. The molecule has 1 aliphatic rings. The number of carboxylic acid groups (broad SMARTS) is 1. The molecule has 1 amide bonds. The molecule has 6 heteroatoms. The summed E-state index contributed by atoms with van der Waals surface area (Å²) in [6.45, 7) is 1.26. The van der Waals surface area contributed by atoms with E-state index in [1.165, 1.54) is 17.2 Å². The molecule has 1 N–H and O–H groups in total. The lowest BCUT2D eigenvalue weighted by Gasteiger charge is -2.12. The Labute approximate surface area is 91.5 Å². The standard InChI is InChI=1S/C10H10N2O4/c13-9(14)8-5-7(1-2-11-8)6-12-3-4-16-10(12)15/h1-2,5H,3-4,6H2,(H,13,14). The maximum Gasteiger partial charge on any atom is 0.410 e. The number of amides is 1. The maximum atomic E-state index is 11.2. The van der Waals surface area contributed by atoms with E-state index in [1.807, 2.05) is 0 Å². The molecule has 0 aliphatic carbocycles. The fourth-order valence-corrected chi connectivity index (χ4v) is 1.48. The third kappa shape index (κ3) is 2.10. The monoisotopic (exact) mass is 222 g/mol. The smallest absolute Gasteiger partial charge is 0.410 e. The Morgan fingerprint density at radius 3 is 3.06 bits per heavy atom. The number of hydrogen-bond acceptors (Lipinski definition) is 4. The number of hydrogen-bond donors (Lipinski definition) is 1. The van der Waals surface area contributed by atoms with Crippen LogP contribution in [0.25, 0.3) is 0 Å². The van der Waals surface area contributed by atoms with Crippen LogP contribution in [0.3, 0.4) is 0 Å². The number of cyclic esters (lactones) is 1. The fraction of sp³-hybridized carbons (Fsp3) is 0.300. The Kier molecular flexibility index (Phi) is 2.72. The van der Waals surface area contributed by atoms with Gasteiger partial charge in [-0.2, -0.15) is 0 Å². The summed E-state index contributed by atoms with van der Waals surface area (Å²) in [4.78, 5) is 27.1. The van der Waals surface area contributed by atoms with Crippen molar-refractivity contribution in [3.05, 3.63) is 29.6 Å². The van der Waals surface area contributed by atoms with Crippen molar-refractivity contribution in [2.75, 3.05) is 13.2 Å². The first-order valence-corrected chi connectivity index (χ1v) is 4.77. The normalized spacial score (nSPS) is 15.0. The van der Waals surface area contributed by atoms with Crippen molar-refractivity contribution in [1.82, 2.24) is 9.88 Å². The highest BCUT2D eigenvalue weighted by Crippen LogP contribution is 2.10. The molecular formula is C10H10N2O4. The Morgan fingerprint density at radius 1 is 1.62 bits per heavy atom. The van der Waals surface area contributed by atoms with Gasteiger partial charge in [-0.1, -0.05) is 0 Å². The van der Waals surface area contributed by atoms with Gasteiger partial charge in [0.1, 0.15) is 12.3 Å². The van der Waals surface area contributed by atoms with Gasteiger partial charge in [-0.15, -0.1) is 0 Å². The predicted molar refractivity (Wildman–Crippen MR) is 53.0 cm³/mol. The predicted octanol–water partition coefficient (Wildman–Crippen LogP) is 0.732. The summed E-state index contributed by atoms with van der Waals surface area (Å²) in [5, 5.41) is 8.75. The second kappa shape index (κ2) is 4.18. The second-order valence-corrected chi connectivity index (χ2v) is 3.39. The van der Waals surface area contributed by atoms with Gasteiger partial charge in [-0.25, -0.2) is 14.6 Å². The molecule has 0 unspecified atom stereocenters. The Morgan fingerprint density at radius 2 is 2.44 bits per heavy atom. The highest BCUT2D eigenvalue weighted by molar-refractivity contribution is 5.85. The Bertz CT molecular complexity index is 433. The lowest BCUT2D eigenvalue weighted by molar-refractivity contribution is 0.0690. The van der Waals surface area contributed by atoms with E-state index in [1.54, 1.807) is 6.07 Å². The van der Waals surface area contributed by atoms with Crippen LogP contribution in [0.5, 0.6) is 0 Å². The third-order valence-corrected chi connectivity index (χ3v) is 2.26. The van der Waals surface area contributed by atoms with E-state index in [9.17, 15) is 9.59 Å². The summed E-state index contributed by atoms with van der Waals surface area (Å²) in [6, 6.07) is 3.13. The van der Waals surface area contributed by atoms with Crippen molar-refractivity contribution in [2.45, 2.75) is 6.54 Å². The van der Waals surface area contributed by atoms with E-state index in [-0.39, 0.29) is 11.8 Å². The average molecular weight is 222 g/mol. The van der Waals surface area contributed by atoms with Gasteiger partial charge in [0.2, 0.25) is 0 Å². The summed E-state index contributed by atoms with van der Waals surface area (Å²) in [5.41, 5.74) is 0.705. The Balaban J connectivity index is 2.12. The zero-order chi connectivity index (χ0) is 11.5. The summed E-state index contributed by atoms with van der Waals surface area (Å²) in [6.07, 6.45) is 1.05. The minimum atomic E-state index is -1.08. The quantitative estimate of drug-likeness (QED) is 0.815. The minimum absolute atomic E-state index is 0.0231. The van der Waals surface area contributed by atoms with E-state index in [4.69, 9.17) is 9.84 Å². The van der Waals surface area contributed by atoms with Crippen LogP contribution in [-0.4, -0.2) is 40.2 Å². The molecule has 1 saturated heterocycles. The topological polar surface area (TPSA) is 79.7 Å². The van der Waals surface area contributed by atoms with Crippen LogP contribution < -0.4 is 0 Å². The minimum Gasteiger partial charge on any atom is -0.477 e. The van der Waals surface area contributed by atoms with Crippen LogP contribution in [0.4, 0.5) is 4.79 Å². The molecule has 0 spiro atoms. The highest BCUT2D eigenvalue weighted by atomic mass is 16.6. The molecule has 0 saturated carbocycles. The van der Waals surface area contributed by atoms with Crippen LogP contribution in [-0.2, 0) is 11.3 Å². The molecule has 16 heavy (non-hydrogen) atoms. The summed E-state index contributed by atoms with van der Waals surface area (Å²) in [7, 11) is 0. The van der Waals surface area contributed by atoms with Crippen molar-refractivity contribution in [3.8, 4) is 0 Å². The van der Waals surface area contributed by atoms with Crippen molar-refractivity contribution < 1.29 is 19.4 Å². The molecule has 1 aliphatic heterocycles. The van der Waals surface area contributed by atoms with Crippen molar-refractivity contribution in [2.24, 2.45) is 0 Å². The van der Waals surface area contributed by atoms with Gasteiger partial charge < -0.3 is 14.7 Å². The highest BCUT2D eigenvalue weighted by Gasteiger charge is 2.22. The van der Waals surface area contributed by atoms with Gasteiger partial charge in [0.15, 0.2) is 0 Å². The molecule has 1 aromatic rings. The first-order chi connectivity index (χ1) is 7.66. The van der Waals surface area contributed by atoms with Crippen LogP contribution >= 0.6 is 0 Å². The summed E-state index contributed by atoms with van der Waals surface area (Å²) in [5.74, 6) is -1.08. The van der Waals surface area contributed by atoms with Gasteiger partial charge in [-0.05, 0) is 17.7 Å².